The second-order valence-corrected chi connectivity index (χ2v) is 11.2. The molecule has 2 aliphatic carbocycles. The normalized spacial score (nSPS) is 20.6. The minimum absolute atomic E-state index is 0.00584. The number of sulfonamides is 1. The van der Waals surface area contributed by atoms with E-state index in [4.69, 9.17) is 4.74 Å². The summed E-state index contributed by atoms with van der Waals surface area (Å²) in [6.07, 6.45) is -0.855. The summed E-state index contributed by atoms with van der Waals surface area (Å²) < 4.78 is 83.9. The molecule has 1 aliphatic heterocycles. The number of hydrogen-bond acceptors (Lipinski definition) is 5. The molecule has 1 N–H and O–H groups in total. The predicted molar refractivity (Wildman–Crippen MR) is 113 cm³/mol. The molecule has 3 aliphatic rings. The third-order valence-electron chi connectivity index (χ3n) is 6.45. The number of piperidine rings is 1. The fourth-order valence-corrected chi connectivity index (χ4v) is 5.39. The van der Waals surface area contributed by atoms with Crippen LogP contribution in [0.1, 0.15) is 66.8 Å². The van der Waals surface area contributed by atoms with Gasteiger partial charge in [-0.25, -0.2) is 17.5 Å². The van der Waals surface area contributed by atoms with Gasteiger partial charge in [0.1, 0.15) is 11.6 Å². The minimum atomic E-state index is -4.16. The fraction of sp³-hybridized carbons (Fsp3) is 0.682. The molecular weight excluding hydrogens is 464 g/mol. The van der Waals surface area contributed by atoms with Crippen LogP contribution in [0.4, 0.5) is 17.6 Å². The van der Waals surface area contributed by atoms with Crippen molar-refractivity contribution < 1.29 is 35.5 Å². The summed E-state index contributed by atoms with van der Waals surface area (Å²) in [5.74, 6) is -1.19. The van der Waals surface area contributed by atoms with E-state index in [2.05, 4.69) is 0 Å². The number of halogens is 4. The van der Waals surface area contributed by atoms with Crippen LogP contribution in [-0.4, -0.2) is 56.9 Å². The highest BCUT2D eigenvalue weighted by molar-refractivity contribution is 7.91. The third kappa shape index (κ3) is 6.59. The van der Waals surface area contributed by atoms with E-state index in [1.54, 1.807) is 4.90 Å². The smallest absolute Gasteiger partial charge is 0.390 e. The predicted octanol–water partition coefficient (Wildman–Crippen LogP) is 3.97. The Morgan fingerprint density at radius 1 is 1.09 bits per heavy atom. The first kappa shape index (κ1) is 24.3. The van der Waals surface area contributed by atoms with E-state index >= 15 is 0 Å². The van der Waals surface area contributed by atoms with Gasteiger partial charge in [-0.2, -0.15) is 13.2 Å². The van der Waals surface area contributed by atoms with Crippen LogP contribution in [0.25, 0.3) is 0 Å². The maximum absolute atomic E-state index is 14.7. The van der Waals surface area contributed by atoms with E-state index in [1.165, 1.54) is 6.07 Å². The molecule has 0 radical (unpaired) electrons. The lowest BCUT2D eigenvalue weighted by molar-refractivity contribution is -0.138. The standard InChI is InChI=1S/C22H28F4N2O4S/c23-19-12-20(32-13-14-5-8-28(9-6-14)10-7-22(24,25)26)17(15-1-2-15)11-18(19)21(29)27-33(30,31)16-3-4-16/h11-12,14-16H,1-10,13H2,(H,27,29). The van der Waals surface area contributed by atoms with Crippen LogP contribution in [0.3, 0.4) is 0 Å². The molecule has 4 rings (SSSR count). The molecule has 0 atom stereocenters. The maximum atomic E-state index is 14.7. The summed E-state index contributed by atoms with van der Waals surface area (Å²) in [5.41, 5.74) is 0.374. The first-order valence-electron chi connectivity index (χ1n) is 11.3. The first-order chi connectivity index (χ1) is 15.5. The second-order valence-electron chi connectivity index (χ2n) is 9.28. The molecule has 184 valence electrons. The zero-order valence-electron chi connectivity index (χ0n) is 18.2. The van der Waals surface area contributed by atoms with E-state index in [0.717, 1.165) is 18.9 Å². The lowest BCUT2D eigenvalue weighted by atomic mass is 9.97. The number of carbonyl (C=O) groups excluding carboxylic acids is 1. The van der Waals surface area contributed by atoms with Gasteiger partial charge in [0.25, 0.3) is 5.91 Å². The Labute approximate surface area is 190 Å². The van der Waals surface area contributed by atoms with Gasteiger partial charge < -0.3 is 9.64 Å². The highest BCUT2D eigenvalue weighted by Crippen LogP contribution is 2.45. The molecule has 0 bridgehead atoms. The third-order valence-corrected chi connectivity index (χ3v) is 8.27. The molecule has 1 saturated heterocycles. The van der Waals surface area contributed by atoms with Crippen molar-refractivity contribution >= 4 is 15.9 Å². The van der Waals surface area contributed by atoms with Crippen molar-refractivity contribution in [1.29, 1.82) is 0 Å². The van der Waals surface area contributed by atoms with Gasteiger partial charge in [0.15, 0.2) is 0 Å². The Morgan fingerprint density at radius 3 is 2.33 bits per heavy atom. The summed E-state index contributed by atoms with van der Waals surface area (Å²) in [7, 11) is -3.78. The van der Waals surface area contributed by atoms with Crippen LogP contribution in [0, 0.1) is 11.7 Å². The lowest BCUT2D eigenvalue weighted by Crippen LogP contribution is -2.37. The van der Waals surface area contributed by atoms with Crippen molar-refractivity contribution in [3.63, 3.8) is 0 Å². The van der Waals surface area contributed by atoms with Crippen molar-refractivity contribution in [3.05, 3.63) is 29.1 Å². The Hall–Kier alpha value is -1.88. The molecule has 0 unspecified atom stereocenters. The van der Waals surface area contributed by atoms with Crippen LogP contribution in [0.15, 0.2) is 12.1 Å². The SMILES string of the molecule is O=C(NS(=O)(=O)C1CC1)c1cc(C2CC2)c(OCC2CCN(CCC(F)(F)F)CC2)cc1F. The van der Waals surface area contributed by atoms with E-state index in [0.29, 0.717) is 56.7 Å². The number of ether oxygens (including phenoxy) is 1. The van der Waals surface area contributed by atoms with Crippen molar-refractivity contribution in [3.8, 4) is 5.75 Å². The van der Waals surface area contributed by atoms with Gasteiger partial charge in [0.2, 0.25) is 10.0 Å². The largest absolute Gasteiger partial charge is 0.493 e. The summed E-state index contributed by atoms with van der Waals surface area (Å²) in [5, 5.41) is -0.588. The van der Waals surface area contributed by atoms with Gasteiger partial charge >= 0.3 is 6.18 Å². The zero-order chi connectivity index (χ0) is 23.8. The van der Waals surface area contributed by atoms with E-state index in [9.17, 15) is 30.8 Å². The van der Waals surface area contributed by atoms with Gasteiger partial charge in [-0.1, -0.05) is 0 Å². The van der Waals surface area contributed by atoms with Gasteiger partial charge in [-0.15, -0.1) is 0 Å². The number of alkyl halides is 3. The zero-order valence-corrected chi connectivity index (χ0v) is 19.0. The molecular formula is C22H28F4N2O4S. The number of likely N-dealkylation sites (tertiary alicyclic amines) is 1. The number of nitrogens with zero attached hydrogens (tertiary/aromatic N) is 1. The van der Waals surface area contributed by atoms with Crippen molar-refractivity contribution in [1.82, 2.24) is 9.62 Å². The van der Waals surface area contributed by atoms with E-state index in [1.807, 2.05) is 4.72 Å². The van der Waals surface area contributed by atoms with Crippen LogP contribution in [0.2, 0.25) is 0 Å². The summed E-state index contributed by atoms with van der Waals surface area (Å²) in [4.78, 5) is 14.2. The van der Waals surface area contributed by atoms with Crippen LogP contribution in [-0.2, 0) is 10.0 Å². The number of benzene rings is 1. The maximum Gasteiger partial charge on any atom is 0.390 e. The quantitative estimate of drug-likeness (QED) is 0.528. The van der Waals surface area contributed by atoms with Gasteiger partial charge in [0.05, 0.1) is 23.8 Å². The molecule has 1 aromatic carbocycles. The van der Waals surface area contributed by atoms with Crippen molar-refractivity contribution in [2.75, 3.05) is 26.2 Å². The molecule has 0 aromatic heterocycles. The van der Waals surface area contributed by atoms with Gasteiger partial charge in [-0.05, 0) is 75.1 Å². The Morgan fingerprint density at radius 2 is 1.76 bits per heavy atom. The average molecular weight is 493 g/mol. The van der Waals surface area contributed by atoms with Crippen LogP contribution < -0.4 is 9.46 Å². The monoisotopic (exact) mass is 492 g/mol. The van der Waals surface area contributed by atoms with Gasteiger partial charge in [0, 0.05) is 12.6 Å². The Bertz CT molecular complexity index is 983. The lowest BCUT2D eigenvalue weighted by Gasteiger charge is -2.32. The first-order valence-corrected chi connectivity index (χ1v) is 12.9. The second kappa shape index (κ2) is 9.40. The summed E-state index contributed by atoms with van der Waals surface area (Å²) in [6, 6.07) is 2.53. The molecule has 3 fully saturated rings. The molecule has 1 heterocycles. The van der Waals surface area contributed by atoms with E-state index < -0.39 is 39.6 Å². The van der Waals surface area contributed by atoms with Crippen molar-refractivity contribution in [2.45, 2.75) is 62.3 Å². The van der Waals surface area contributed by atoms with Gasteiger partial charge in [-0.3, -0.25) is 4.79 Å². The molecule has 11 heteroatoms. The van der Waals surface area contributed by atoms with Crippen molar-refractivity contribution in [2.24, 2.45) is 5.92 Å². The molecule has 0 spiro atoms. The fourth-order valence-electron chi connectivity index (χ4n) is 4.10. The number of rotatable bonds is 9. The number of amides is 1. The molecule has 6 nitrogen and oxygen atoms in total. The summed E-state index contributed by atoms with van der Waals surface area (Å²) in [6.45, 7) is 1.42. The summed E-state index contributed by atoms with van der Waals surface area (Å²) >= 11 is 0. The topological polar surface area (TPSA) is 75.7 Å². The van der Waals surface area contributed by atoms with E-state index in [-0.39, 0.29) is 23.9 Å². The number of nitrogens with one attached hydrogen (secondary N) is 1. The molecule has 2 saturated carbocycles. The Kier molecular flexibility index (Phi) is 6.91. The van der Waals surface area contributed by atoms with Crippen LogP contribution in [0.5, 0.6) is 5.75 Å². The Balaban J connectivity index is 1.35. The number of hydrogen-bond donors (Lipinski definition) is 1. The van der Waals surface area contributed by atoms with Crippen LogP contribution >= 0.6 is 0 Å². The molecule has 33 heavy (non-hydrogen) atoms. The molecule has 1 amide bonds. The number of carbonyl (C=O) groups is 1. The highest BCUT2D eigenvalue weighted by Gasteiger charge is 2.38. The highest BCUT2D eigenvalue weighted by atomic mass is 32.2. The molecule has 1 aromatic rings. The average Bonchev–Trinajstić information content (AvgIpc) is 3.62. The minimum Gasteiger partial charge on any atom is -0.493 e.